The first-order valence-electron chi connectivity index (χ1n) is 6.02. The van der Waals surface area contributed by atoms with E-state index < -0.39 is 0 Å². The zero-order chi connectivity index (χ0) is 12.1. The van der Waals surface area contributed by atoms with Gasteiger partial charge in [0.05, 0.1) is 5.70 Å². The van der Waals surface area contributed by atoms with Crippen LogP contribution in [-0.4, -0.2) is 36.9 Å². The second-order valence-corrected chi connectivity index (χ2v) is 4.21. The molecule has 3 heteroatoms. The summed E-state index contributed by atoms with van der Waals surface area (Å²) < 4.78 is 0. The van der Waals surface area contributed by atoms with Crippen LogP contribution < -0.4 is 5.32 Å². The first-order chi connectivity index (χ1) is 8.27. The van der Waals surface area contributed by atoms with Crippen molar-refractivity contribution in [3.8, 4) is 0 Å². The van der Waals surface area contributed by atoms with E-state index in [0.29, 0.717) is 0 Å². The van der Waals surface area contributed by atoms with Gasteiger partial charge < -0.3 is 10.2 Å². The average molecular weight is 229 g/mol. The van der Waals surface area contributed by atoms with E-state index in [1.807, 2.05) is 30.3 Å². The number of aliphatic imine (C=N–C) groups is 1. The summed E-state index contributed by atoms with van der Waals surface area (Å²) in [7, 11) is 0. The lowest BCUT2D eigenvalue weighted by Gasteiger charge is -2.29. The van der Waals surface area contributed by atoms with Gasteiger partial charge in [-0.1, -0.05) is 36.9 Å². The Labute approximate surface area is 103 Å². The normalized spacial score (nSPS) is 17.0. The van der Waals surface area contributed by atoms with Gasteiger partial charge in [0.25, 0.3) is 0 Å². The van der Waals surface area contributed by atoms with E-state index in [1.54, 1.807) is 0 Å². The molecule has 1 aromatic carbocycles. The van der Waals surface area contributed by atoms with Gasteiger partial charge in [0, 0.05) is 26.2 Å². The number of hydrogen-bond acceptors (Lipinski definition) is 2. The molecule has 1 fully saturated rings. The van der Waals surface area contributed by atoms with Crippen molar-refractivity contribution in [2.24, 2.45) is 4.99 Å². The van der Waals surface area contributed by atoms with Crippen LogP contribution in [0, 0.1) is 0 Å². The van der Waals surface area contributed by atoms with Crippen LogP contribution >= 0.6 is 0 Å². The van der Waals surface area contributed by atoms with Crippen LogP contribution in [0.3, 0.4) is 0 Å². The summed E-state index contributed by atoms with van der Waals surface area (Å²) in [6.45, 7) is 10.2. The van der Waals surface area contributed by atoms with Crippen molar-refractivity contribution in [1.29, 1.82) is 0 Å². The van der Waals surface area contributed by atoms with Crippen LogP contribution in [0.25, 0.3) is 5.70 Å². The van der Waals surface area contributed by atoms with E-state index >= 15 is 0 Å². The van der Waals surface area contributed by atoms with Gasteiger partial charge in [0.2, 0.25) is 0 Å². The zero-order valence-electron chi connectivity index (χ0n) is 10.3. The Bertz CT molecular complexity index is 403. The van der Waals surface area contributed by atoms with Crippen molar-refractivity contribution in [3.05, 3.63) is 42.5 Å². The molecule has 0 saturated carbocycles. The third-order valence-electron chi connectivity index (χ3n) is 2.98. The summed E-state index contributed by atoms with van der Waals surface area (Å²) in [5, 5.41) is 3.34. The second-order valence-electron chi connectivity index (χ2n) is 4.21. The summed E-state index contributed by atoms with van der Waals surface area (Å²) in [6.07, 6.45) is 0. The lowest BCUT2D eigenvalue weighted by molar-refractivity contribution is 0.356. The number of hydrogen-bond donors (Lipinski definition) is 1. The fourth-order valence-electron chi connectivity index (χ4n) is 1.95. The van der Waals surface area contributed by atoms with E-state index in [4.69, 9.17) is 0 Å². The second kappa shape index (κ2) is 5.64. The molecule has 0 unspecified atom stereocenters. The lowest BCUT2D eigenvalue weighted by Crippen LogP contribution is -2.45. The van der Waals surface area contributed by atoms with Crippen molar-refractivity contribution in [3.63, 3.8) is 0 Å². The fourth-order valence-corrected chi connectivity index (χ4v) is 1.95. The molecular weight excluding hydrogens is 210 g/mol. The molecule has 90 valence electrons. The Hall–Kier alpha value is -1.61. The zero-order valence-corrected chi connectivity index (χ0v) is 10.3. The monoisotopic (exact) mass is 229 g/mol. The molecule has 1 saturated heterocycles. The summed E-state index contributed by atoms with van der Waals surface area (Å²) in [4.78, 5) is 6.89. The molecule has 0 spiro atoms. The molecule has 0 aliphatic carbocycles. The molecule has 0 amide bonds. The molecule has 1 heterocycles. The summed E-state index contributed by atoms with van der Waals surface area (Å²) in [6, 6.07) is 10.1. The summed E-state index contributed by atoms with van der Waals surface area (Å²) in [5.74, 6) is 1.06. The quantitative estimate of drug-likeness (QED) is 0.620. The largest absolute Gasteiger partial charge is 0.358 e. The number of benzene rings is 1. The Morgan fingerprint density at radius 3 is 2.53 bits per heavy atom. The third kappa shape index (κ3) is 3.17. The van der Waals surface area contributed by atoms with Gasteiger partial charge in [-0.3, -0.25) is 0 Å². The number of piperazine rings is 1. The highest BCUT2D eigenvalue weighted by Gasteiger charge is 2.10. The van der Waals surface area contributed by atoms with Crippen LogP contribution in [0.2, 0.25) is 0 Å². The van der Waals surface area contributed by atoms with Crippen molar-refractivity contribution < 1.29 is 0 Å². The van der Waals surface area contributed by atoms with Crippen LogP contribution in [0.1, 0.15) is 12.5 Å². The van der Waals surface area contributed by atoms with Gasteiger partial charge in [-0.2, -0.15) is 0 Å². The molecule has 0 radical (unpaired) electrons. The van der Waals surface area contributed by atoms with Gasteiger partial charge in [-0.25, -0.2) is 4.99 Å². The molecule has 1 N–H and O–H groups in total. The van der Waals surface area contributed by atoms with E-state index in [0.717, 1.165) is 43.3 Å². The van der Waals surface area contributed by atoms with Gasteiger partial charge >= 0.3 is 0 Å². The van der Waals surface area contributed by atoms with Crippen molar-refractivity contribution in [2.45, 2.75) is 6.92 Å². The van der Waals surface area contributed by atoms with Crippen LogP contribution in [0.5, 0.6) is 0 Å². The highest BCUT2D eigenvalue weighted by Crippen LogP contribution is 2.13. The van der Waals surface area contributed by atoms with Crippen LogP contribution in [0.15, 0.2) is 41.9 Å². The smallest absolute Gasteiger partial charge is 0.102 e. The molecular formula is C14H19N3. The minimum atomic E-state index is 0.835. The van der Waals surface area contributed by atoms with Gasteiger partial charge in [0.1, 0.15) is 5.84 Å². The van der Waals surface area contributed by atoms with Crippen molar-refractivity contribution >= 4 is 11.5 Å². The lowest BCUT2D eigenvalue weighted by atomic mass is 10.2. The van der Waals surface area contributed by atoms with Crippen LogP contribution in [0.4, 0.5) is 0 Å². The van der Waals surface area contributed by atoms with E-state index in [-0.39, 0.29) is 0 Å². The number of rotatable bonds is 2. The maximum Gasteiger partial charge on any atom is 0.102 e. The number of nitrogens with zero attached hydrogens (tertiary/aromatic N) is 2. The first-order valence-corrected chi connectivity index (χ1v) is 6.02. The third-order valence-corrected chi connectivity index (χ3v) is 2.98. The minimum Gasteiger partial charge on any atom is -0.358 e. The SMILES string of the molecule is C=C(N=C(C)N1CCNCC1)c1ccccc1. The minimum absolute atomic E-state index is 0.835. The molecule has 0 bridgehead atoms. The van der Waals surface area contributed by atoms with Crippen molar-refractivity contribution in [2.75, 3.05) is 26.2 Å². The topological polar surface area (TPSA) is 27.6 Å². The maximum atomic E-state index is 4.59. The Morgan fingerprint density at radius 1 is 1.24 bits per heavy atom. The molecule has 1 aromatic rings. The van der Waals surface area contributed by atoms with E-state index in [1.165, 1.54) is 0 Å². The highest BCUT2D eigenvalue weighted by molar-refractivity contribution is 5.85. The van der Waals surface area contributed by atoms with Gasteiger partial charge in [0.15, 0.2) is 0 Å². The van der Waals surface area contributed by atoms with E-state index in [2.05, 4.69) is 28.7 Å². The fraction of sp³-hybridized carbons (Fsp3) is 0.357. The average Bonchev–Trinajstić information content (AvgIpc) is 2.40. The first kappa shape index (κ1) is 11.9. The van der Waals surface area contributed by atoms with Crippen molar-refractivity contribution in [1.82, 2.24) is 10.2 Å². The molecule has 2 rings (SSSR count). The predicted octanol–water partition coefficient (Wildman–Crippen LogP) is 1.98. The summed E-state index contributed by atoms with van der Waals surface area (Å²) in [5.41, 5.74) is 1.92. The number of amidine groups is 1. The Balaban J connectivity index is 2.05. The molecule has 17 heavy (non-hydrogen) atoms. The maximum absolute atomic E-state index is 4.59. The highest BCUT2D eigenvalue weighted by atomic mass is 15.2. The molecule has 0 atom stereocenters. The molecule has 0 aromatic heterocycles. The Kier molecular flexibility index (Phi) is 3.94. The predicted molar refractivity (Wildman–Crippen MR) is 73.0 cm³/mol. The van der Waals surface area contributed by atoms with Crippen LogP contribution in [-0.2, 0) is 0 Å². The standard InChI is InChI=1S/C14H19N3/c1-12(14-6-4-3-5-7-14)16-13(2)17-10-8-15-9-11-17/h3-7,15H,1,8-11H2,2H3. The molecule has 3 nitrogen and oxygen atoms in total. The summed E-state index contributed by atoms with van der Waals surface area (Å²) >= 11 is 0. The van der Waals surface area contributed by atoms with E-state index in [9.17, 15) is 0 Å². The molecule has 1 aliphatic heterocycles. The van der Waals surface area contributed by atoms with Gasteiger partial charge in [-0.15, -0.1) is 0 Å². The molecule has 1 aliphatic rings. The van der Waals surface area contributed by atoms with Gasteiger partial charge in [-0.05, 0) is 12.5 Å². The Morgan fingerprint density at radius 2 is 1.88 bits per heavy atom. The number of nitrogens with one attached hydrogen (secondary N) is 1.